The van der Waals surface area contributed by atoms with Crippen LogP contribution in [-0.2, 0) is 13.0 Å². The van der Waals surface area contributed by atoms with Gasteiger partial charge in [-0.1, -0.05) is 12.1 Å². The maximum Gasteiger partial charge on any atom is 0.191 e. The van der Waals surface area contributed by atoms with Crippen LogP contribution in [0, 0.1) is 13.8 Å². The molecular weight excluding hydrogens is 441 g/mol. The molecule has 26 heavy (non-hydrogen) atoms. The zero-order valence-corrected chi connectivity index (χ0v) is 18.4. The Morgan fingerprint density at radius 2 is 2.04 bits per heavy atom. The highest BCUT2D eigenvalue weighted by Crippen LogP contribution is 2.20. The lowest BCUT2D eigenvalue weighted by Crippen LogP contribution is -2.37. The minimum Gasteiger partial charge on any atom is -0.496 e. The Morgan fingerprint density at radius 3 is 2.69 bits per heavy atom. The Kier molecular flexibility index (Phi) is 10.1. The molecule has 0 aliphatic heterocycles. The van der Waals surface area contributed by atoms with Gasteiger partial charge in [-0.3, -0.25) is 5.10 Å². The Hall–Kier alpha value is -1.77. The van der Waals surface area contributed by atoms with Crippen LogP contribution in [0.2, 0.25) is 0 Å². The number of nitrogens with one attached hydrogen (secondary N) is 3. The fourth-order valence-electron chi connectivity index (χ4n) is 2.60. The van der Waals surface area contributed by atoms with Crippen LogP contribution in [0.25, 0.3) is 0 Å². The summed E-state index contributed by atoms with van der Waals surface area (Å²) in [6.07, 6.45) is 3.93. The van der Waals surface area contributed by atoms with Crippen LogP contribution in [0.4, 0.5) is 0 Å². The van der Waals surface area contributed by atoms with Crippen molar-refractivity contribution in [3.8, 4) is 5.75 Å². The standard InChI is InChI=1S/C19H29N5O.HI/c1-5-20-19(21-10-6-7-16-13-23-24-15(16)3)22-12-17-9-8-14(2)11-18(17)25-4;/h8-9,11,13H,5-7,10,12H2,1-4H3,(H,23,24)(H2,20,21,22);1H. The summed E-state index contributed by atoms with van der Waals surface area (Å²) in [7, 11) is 1.70. The number of aryl methyl sites for hydroxylation is 3. The summed E-state index contributed by atoms with van der Waals surface area (Å²) in [5, 5.41) is 13.7. The van der Waals surface area contributed by atoms with Crippen LogP contribution in [0.5, 0.6) is 5.75 Å². The van der Waals surface area contributed by atoms with Crippen LogP contribution < -0.4 is 15.4 Å². The molecule has 1 aromatic heterocycles. The molecule has 0 unspecified atom stereocenters. The number of ether oxygens (including phenoxy) is 1. The number of nitrogens with zero attached hydrogens (tertiary/aromatic N) is 2. The third-order valence-corrected chi connectivity index (χ3v) is 4.04. The number of H-pyrrole nitrogens is 1. The van der Waals surface area contributed by atoms with Gasteiger partial charge < -0.3 is 15.4 Å². The minimum atomic E-state index is 0. The van der Waals surface area contributed by atoms with Crippen LogP contribution in [0.1, 0.15) is 35.7 Å². The third-order valence-electron chi connectivity index (χ3n) is 4.04. The van der Waals surface area contributed by atoms with Gasteiger partial charge in [0.2, 0.25) is 0 Å². The first-order valence-electron chi connectivity index (χ1n) is 8.78. The number of rotatable bonds is 8. The van der Waals surface area contributed by atoms with Gasteiger partial charge in [-0.05, 0) is 50.8 Å². The Bertz CT molecular complexity index is 699. The predicted molar refractivity (Wildman–Crippen MR) is 118 cm³/mol. The number of hydrogen-bond donors (Lipinski definition) is 3. The van der Waals surface area contributed by atoms with Gasteiger partial charge in [-0.15, -0.1) is 24.0 Å². The summed E-state index contributed by atoms with van der Waals surface area (Å²) >= 11 is 0. The van der Waals surface area contributed by atoms with E-state index in [1.807, 2.05) is 12.3 Å². The van der Waals surface area contributed by atoms with E-state index in [0.29, 0.717) is 6.54 Å². The number of guanidine groups is 1. The van der Waals surface area contributed by atoms with Gasteiger partial charge in [0.05, 0.1) is 19.9 Å². The highest BCUT2D eigenvalue weighted by molar-refractivity contribution is 14.0. The lowest BCUT2D eigenvalue weighted by molar-refractivity contribution is 0.409. The summed E-state index contributed by atoms with van der Waals surface area (Å²) in [6, 6.07) is 6.20. The van der Waals surface area contributed by atoms with E-state index < -0.39 is 0 Å². The van der Waals surface area contributed by atoms with Crippen molar-refractivity contribution in [3.05, 3.63) is 46.8 Å². The molecule has 0 radical (unpaired) electrons. The smallest absolute Gasteiger partial charge is 0.191 e. The average Bonchev–Trinajstić information content (AvgIpc) is 3.02. The van der Waals surface area contributed by atoms with Gasteiger partial charge in [0.25, 0.3) is 0 Å². The summed E-state index contributed by atoms with van der Waals surface area (Å²) < 4.78 is 5.45. The zero-order chi connectivity index (χ0) is 18.1. The predicted octanol–water partition coefficient (Wildman–Crippen LogP) is 3.34. The first-order chi connectivity index (χ1) is 12.1. The normalized spacial score (nSPS) is 11.0. The molecular formula is C19H30IN5O. The molecule has 0 saturated heterocycles. The van der Waals surface area contributed by atoms with Crippen LogP contribution in [0.3, 0.4) is 0 Å². The van der Waals surface area contributed by atoms with E-state index in [-0.39, 0.29) is 24.0 Å². The SMILES string of the molecule is CCNC(=NCc1ccc(C)cc1OC)NCCCc1cn[nH]c1C.I. The number of methoxy groups -OCH3 is 1. The largest absolute Gasteiger partial charge is 0.496 e. The van der Waals surface area contributed by atoms with Crippen molar-refractivity contribution in [2.24, 2.45) is 4.99 Å². The first-order valence-corrected chi connectivity index (χ1v) is 8.78. The number of aliphatic imine (C=N–C) groups is 1. The van der Waals surface area contributed by atoms with E-state index in [1.54, 1.807) is 7.11 Å². The maximum absolute atomic E-state index is 5.45. The molecule has 0 spiro atoms. The number of halogens is 1. The summed E-state index contributed by atoms with van der Waals surface area (Å²) in [5.74, 6) is 1.71. The van der Waals surface area contributed by atoms with Gasteiger partial charge in [-0.25, -0.2) is 4.99 Å². The van der Waals surface area contributed by atoms with E-state index >= 15 is 0 Å². The Morgan fingerprint density at radius 1 is 1.23 bits per heavy atom. The van der Waals surface area contributed by atoms with E-state index in [1.165, 1.54) is 11.1 Å². The molecule has 0 aliphatic rings. The number of aromatic nitrogens is 2. The molecule has 144 valence electrons. The first kappa shape index (κ1) is 22.3. The summed E-state index contributed by atoms with van der Waals surface area (Å²) in [6.45, 7) is 8.45. The lowest BCUT2D eigenvalue weighted by Gasteiger charge is -2.12. The molecule has 0 saturated carbocycles. The van der Waals surface area contributed by atoms with Crippen molar-refractivity contribution in [3.63, 3.8) is 0 Å². The highest BCUT2D eigenvalue weighted by Gasteiger charge is 2.04. The van der Waals surface area contributed by atoms with Crippen molar-refractivity contribution < 1.29 is 4.74 Å². The maximum atomic E-state index is 5.45. The second-order valence-corrected chi connectivity index (χ2v) is 6.06. The Balaban J connectivity index is 0.00000338. The van der Waals surface area contributed by atoms with E-state index in [0.717, 1.165) is 48.9 Å². The molecule has 2 rings (SSSR count). The highest BCUT2D eigenvalue weighted by atomic mass is 127. The van der Waals surface area contributed by atoms with Crippen LogP contribution >= 0.6 is 24.0 Å². The molecule has 0 bridgehead atoms. The lowest BCUT2D eigenvalue weighted by atomic mass is 10.1. The molecule has 0 fully saturated rings. The van der Waals surface area contributed by atoms with E-state index in [4.69, 9.17) is 4.74 Å². The molecule has 7 heteroatoms. The fourth-order valence-corrected chi connectivity index (χ4v) is 2.60. The van der Waals surface area contributed by atoms with Crippen molar-refractivity contribution in [2.45, 2.75) is 40.2 Å². The topological polar surface area (TPSA) is 74.3 Å². The molecule has 1 aromatic carbocycles. The zero-order valence-electron chi connectivity index (χ0n) is 16.1. The molecule has 3 N–H and O–H groups in total. The second-order valence-electron chi connectivity index (χ2n) is 6.06. The van der Waals surface area contributed by atoms with Gasteiger partial charge in [-0.2, -0.15) is 5.10 Å². The monoisotopic (exact) mass is 471 g/mol. The van der Waals surface area contributed by atoms with Gasteiger partial charge in [0.1, 0.15) is 5.75 Å². The van der Waals surface area contributed by atoms with Crippen molar-refractivity contribution in [1.82, 2.24) is 20.8 Å². The minimum absolute atomic E-state index is 0. The number of aromatic amines is 1. The van der Waals surface area contributed by atoms with E-state index in [9.17, 15) is 0 Å². The van der Waals surface area contributed by atoms with Gasteiger partial charge in [0, 0.05) is 24.3 Å². The summed E-state index contributed by atoms with van der Waals surface area (Å²) in [4.78, 5) is 4.67. The van der Waals surface area contributed by atoms with Crippen molar-refractivity contribution >= 4 is 29.9 Å². The second kappa shape index (κ2) is 11.8. The fraction of sp³-hybridized carbons (Fsp3) is 0.474. The van der Waals surface area contributed by atoms with Crippen molar-refractivity contribution in [2.75, 3.05) is 20.2 Å². The molecule has 6 nitrogen and oxygen atoms in total. The average molecular weight is 471 g/mol. The number of hydrogen-bond acceptors (Lipinski definition) is 3. The molecule has 0 atom stereocenters. The molecule has 1 heterocycles. The quantitative estimate of drug-likeness (QED) is 0.239. The number of benzene rings is 1. The molecule has 0 amide bonds. The Labute approximate surface area is 173 Å². The van der Waals surface area contributed by atoms with Gasteiger partial charge in [0.15, 0.2) is 5.96 Å². The van der Waals surface area contributed by atoms with Crippen LogP contribution in [-0.4, -0.2) is 36.4 Å². The molecule has 0 aliphatic carbocycles. The third kappa shape index (κ3) is 6.86. The molecule has 2 aromatic rings. The van der Waals surface area contributed by atoms with Crippen LogP contribution in [0.15, 0.2) is 29.4 Å². The summed E-state index contributed by atoms with van der Waals surface area (Å²) in [5.41, 5.74) is 4.68. The van der Waals surface area contributed by atoms with Gasteiger partial charge >= 0.3 is 0 Å². The van der Waals surface area contributed by atoms with Crippen molar-refractivity contribution in [1.29, 1.82) is 0 Å². The van der Waals surface area contributed by atoms with E-state index in [2.05, 4.69) is 58.7 Å².